The summed E-state index contributed by atoms with van der Waals surface area (Å²) >= 11 is 0. The third kappa shape index (κ3) is 5.78. The van der Waals surface area contributed by atoms with Crippen molar-refractivity contribution in [1.29, 1.82) is 0 Å². The summed E-state index contributed by atoms with van der Waals surface area (Å²) in [5.41, 5.74) is 1.09. The zero-order valence-corrected chi connectivity index (χ0v) is 18.9. The van der Waals surface area contributed by atoms with E-state index in [4.69, 9.17) is 23.7 Å². The van der Waals surface area contributed by atoms with Crippen LogP contribution in [0.15, 0.2) is 24.3 Å². The number of ether oxygens (including phenoxy) is 5. The fourth-order valence-electron chi connectivity index (χ4n) is 4.87. The molecule has 5 atom stereocenters. The highest BCUT2D eigenvalue weighted by Gasteiger charge is 2.57. The lowest BCUT2D eigenvalue weighted by Gasteiger charge is -2.30. The number of hydrogen-bond donors (Lipinski definition) is 2. The quantitative estimate of drug-likeness (QED) is 0.617. The van der Waals surface area contributed by atoms with Crippen molar-refractivity contribution in [3.05, 3.63) is 29.8 Å². The molecule has 2 N–H and O–H groups in total. The summed E-state index contributed by atoms with van der Waals surface area (Å²) in [6.07, 6.45) is 3.87. The molecular formula is C24H37NO6. The van der Waals surface area contributed by atoms with Crippen molar-refractivity contribution < 1.29 is 28.8 Å². The molecule has 2 heterocycles. The third-order valence-corrected chi connectivity index (χ3v) is 6.47. The minimum Gasteiger partial charge on any atom is -0.497 e. The molecule has 3 fully saturated rings. The lowest BCUT2D eigenvalue weighted by Crippen LogP contribution is -2.46. The van der Waals surface area contributed by atoms with Gasteiger partial charge < -0.3 is 34.1 Å². The Bertz CT molecular complexity index is 707. The van der Waals surface area contributed by atoms with Gasteiger partial charge in [0.25, 0.3) is 0 Å². The molecule has 1 unspecified atom stereocenters. The average Bonchev–Trinajstić information content (AvgIpc) is 3.24. The van der Waals surface area contributed by atoms with Crippen molar-refractivity contribution in [1.82, 2.24) is 5.32 Å². The normalized spacial score (nSPS) is 31.5. The zero-order chi connectivity index (χ0) is 21.8. The molecular weight excluding hydrogens is 398 g/mol. The number of aliphatic hydroxyl groups excluding tert-OH is 1. The van der Waals surface area contributed by atoms with Crippen LogP contribution in [-0.2, 0) is 25.5 Å². The summed E-state index contributed by atoms with van der Waals surface area (Å²) in [4.78, 5) is 0. The van der Waals surface area contributed by atoms with E-state index in [0.717, 1.165) is 11.3 Å². The second-order valence-corrected chi connectivity index (χ2v) is 9.42. The van der Waals surface area contributed by atoms with Crippen molar-refractivity contribution >= 4 is 0 Å². The van der Waals surface area contributed by atoms with Gasteiger partial charge in [0.15, 0.2) is 12.1 Å². The van der Waals surface area contributed by atoms with Crippen LogP contribution in [0.3, 0.4) is 0 Å². The minimum atomic E-state index is -0.733. The predicted molar refractivity (Wildman–Crippen MR) is 116 cm³/mol. The maximum Gasteiger partial charge on any atom is 0.190 e. The second kappa shape index (κ2) is 10.1. The molecule has 0 aromatic heterocycles. The minimum absolute atomic E-state index is 0.323. The number of hydrogen-bond acceptors (Lipinski definition) is 7. The second-order valence-electron chi connectivity index (χ2n) is 9.42. The smallest absolute Gasteiger partial charge is 0.190 e. The largest absolute Gasteiger partial charge is 0.497 e. The first-order valence-electron chi connectivity index (χ1n) is 11.6. The van der Waals surface area contributed by atoms with Gasteiger partial charge in [-0.25, -0.2) is 0 Å². The first-order valence-corrected chi connectivity index (χ1v) is 11.6. The van der Waals surface area contributed by atoms with Gasteiger partial charge in [0.1, 0.15) is 24.1 Å². The highest BCUT2D eigenvalue weighted by atomic mass is 16.8. The van der Waals surface area contributed by atoms with E-state index in [0.29, 0.717) is 25.6 Å². The maximum atomic E-state index is 10.9. The summed E-state index contributed by atoms with van der Waals surface area (Å²) in [5, 5.41) is 14.2. The summed E-state index contributed by atoms with van der Waals surface area (Å²) in [5.74, 6) is 0.689. The summed E-state index contributed by atoms with van der Waals surface area (Å²) in [6, 6.07) is 7.88. The molecule has 0 spiro atoms. The van der Waals surface area contributed by atoms with Crippen LogP contribution >= 0.6 is 0 Å². The molecule has 2 saturated heterocycles. The Hall–Kier alpha value is -1.22. The van der Waals surface area contributed by atoms with Crippen molar-refractivity contribution in [3.63, 3.8) is 0 Å². The predicted octanol–water partition coefficient (Wildman–Crippen LogP) is 2.99. The molecule has 7 nitrogen and oxygen atoms in total. The van der Waals surface area contributed by atoms with Gasteiger partial charge in [-0.1, -0.05) is 31.4 Å². The molecule has 2 aliphatic heterocycles. The van der Waals surface area contributed by atoms with Gasteiger partial charge in [-0.2, -0.15) is 0 Å². The Morgan fingerprint density at radius 1 is 1.19 bits per heavy atom. The molecule has 4 rings (SSSR count). The number of aliphatic hydroxyl groups is 1. The van der Waals surface area contributed by atoms with Crippen LogP contribution in [0.25, 0.3) is 0 Å². The molecule has 0 bridgehead atoms. The van der Waals surface area contributed by atoms with Crippen LogP contribution in [0, 0.1) is 5.92 Å². The summed E-state index contributed by atoms with van der Waals surface area (Å²) in [7, 11) is 1.66. The molecule has 1 aromatic carbocycles. The van der Waals surface area contributed by atoms with E-state index in [1.54, 1.807) is 7.11 Å². The number of benzene rings is 1. The molecule has 1 aromatic rings. The van der Waals surface area contributed by atoms with E-state index in [-0.39, 0.29) is 12.2 Å². The Labute approximate surface area is 185 Å². The van der Waals surface area contributed by atoms with Crippen molar-refractivity contribution in [2.45, 2.75) is 89.0 Å². The monoisotopic (exact) mass is 435 g/mol. The van der Waals surface area contributed by atoms with E-state index in [9.17, 15) is 5.11 Å². The summed E-state index contributed by atoms with van der Waals surface area (Å²) in [6.45, 7) is 5.46. The highest BCUT2D eigenvalue weighted by molar-refractivity contribution is 5.28. The first-order chi connectivity index (χ1) is 14.9. The van der Waals surface area contributed by atoms with Crippen molar-refractivity contribution in [3.8, 4) is 5.75 Å². The van der Waals surface area contributed by atoms with E-state index in [1.165, 1.54) is 32.1 Å². The van der Waals surface area contributed by atoms with Crippen LogP contribution in [0.4, 0.5) is 0 Å². The van der Waals surface area contributed by atoms with Crippen LogP contribution < -0.4 is 10.1 Å². The SMILES string of the molecule is COc1cccc(CNCC(O)[C@H]2O[C@@H]3OC(C)(C)O[C@@H]3[C@H]2OCC2CCCCC2)c1. The Morgan fingerprint density at radius 2 is 2.00 bits per heavy atom. The fraction of sp³-hybridized carbons (Fsp3) is 0.750. The van der Waals surface area contributed by atoms with Crippen LogP contribution in [-0.4, -0.2) is 61.9 Å². The third-order valence-electron chi connectivity index (χ3n) is 6.47. The Balaban J connectivity index is 1.33. The van der Waals surface area contributed by atoms with Gasteiger partial charge in [0, 0.05) is 13.1 Å². The lowest BCUT2D eigenvalue weighted by atomic mass is 9.90. The van der Waals surface area contributed by atoms with Gasteiger partial charge in [-0.3, -0.25) is 0 Å². The number of methoxy groups -OCH3 is 1. The summed E-state index contributed by atoms with van der Waals surface area (Å²) < 4.78 is 29.7. The molecule has 1 saturated carbocycles. The van der Waals surface area contributed by atoms with E-state index in [1.807, 2.05) is 38.1 Å². The van der Waals surface area contributed by atoms with Gasteiger partial charge in [0.05, 0.1) is 19.8 Å². The zero-order valence-electron chi connectivity index (χ0n) is 18.9. The molecule has 0 amide bonds. The van der Waals surface area contributed by atoms with E-state index >= 15 is 0 Å². The fourth-order valence-corrected chi connectivity index (χ4v) is 4.87. The molecule has 3 aliphatic rings. The molecule has 1 aliphatic carbocycles. The molecule has 174 valence electrons. The molecule has 7 heteroatoms. The standard InChI is InChI=1S/C24H37NO6/c1-24(2)30-22-21(28-15-16-8-5-4-6-9-16)20(29-23(22)31-24)19(26)14-25-13-17-10-7-11-18(12-17)27-3/h7,10-12,16,19-23,25-26H,4-6,8-9,13-15H2,1-3H3/t19?,20-,21+,22-,23-/m1/s1. The first kappa shape index (κ1) is 23.0. The molecule has 31 heavy (non-hydrogen) atoms. The Morgan fingerprint density at radius 3 is 2.77 bits per heavy atom. The molecule has 0 radical (unpaired) electrons. The van der Waals surface area contributed by atoms with Crippen LogP contribution in [0.1, 0.15) is 51.5 Å². The highest BCUT2D eigenvalue weighted by Crippen LogP contribution is 2.40. The Kier molecular flexibility index (Phi) is 7.52. The van der Waals surface area contributed by atoms with E-state index in [2.05, 4.69) is 5.32 Å². The van der Waals surface area contributed by atoms with E-state index < -0.39 is 24.3 Å². The van der Waals surface area contributed by atoms with Crippen molar-refractivity contribution in [2.24, 2.45) is 5.92 Å². The van der Waals surface area contributed by atoms with Gasteiger partial charge in [0.2, 0.25) is 0 Å². The number of nitrogens with one attached hydrogen (secondary N) is 1. The average molecular weight is 436 g/mol. The maximum absolute atomic E-state index is 10.9. The van der Waals surface area contributed by atoms with Crippen molar-refractivity contribution in [2.75, 3.05) is 20.3 Å². The van der Waals surface area contributed by atoms with Crippen LogP contribution in [0.5, 0.6) is 5.75 Å². The van der Waals surface area contributed by atoms with Crippen LogP contribution in [0.2, 0.25) is 0 Å². The van der Waals surface area contributed by atoms with Gasteiger partial charge in [-0.15, -0.1) is 0 Å². The number of rotatable bonds is 9. The lowest BCUT2D eigenvalue weighted by molar-refractivity contribution is -0.230. The topological polar surface area (TPSA) is 78.4 Å². The van der Waals surface area contributed by atoms with Gasteiger partial charge in [-0.05, 0) is 50.3 Å². The number of fused-ring (bicyclic) bond motifs is 1. The van der Waals surface area contributed by atoms with Gasteiger partial charge >= 0.3 is 0 Å².